The van der Waals surface area contributed by atoms with Crippen LogP contribution in [0.15, 0.2) is 53.4 Å². The van der Waals surface area contributed by atoms with Gasteiger partial charge in [0.05, 0.1) is 26.1 Å². The molecule has 11 heteroatoms. The Morgan fingerprint density at radius 3 is 2.50 bits per heavy atom. The van der Waals surface area contributed by atoms with E-state index in [0.29, 0.717) is 50.0 Å². The highest BCUT2D eigenvalue weighted by atomic mass is 35.5. The van der Waals surface area contributed by atoms with Crippen molar-refractivity contribution in [2.45, 2.75) is 11.8 Å². The van der Waals surface area contributed by atoms with Gasteiger partial charge in [-0.25, -0.2) is 13.2 Å². The van der Waals surface area contributed by atoms with Gasteiger partial charge in [-0.1, -0.05) is 41.4 Å². The lowest BCUT2D eigenvalue weighted by molar-refractivity contribution is 0.189. The zero-order valence-corrected chi connectivity index (χ0v) is 20.9. The monoisotopic (exact) mass is 521 g/mol. The lowest BCUT2D eigenvalue weighted by atomic mass is 10.1. The van der Waals surface area contributed by atoms with Crippen LogP contribution in [0.1, 0.15) is 5.69 Å². The van der Waals surface area contributed by atoms with Crippen molar-refractivity contribution in [2.24, 2.45) is 0 Å². The Bertz CT molecular complexity index is 1310. The second-order valence-corrected chi connectivity index (χ2v) is 10.8. The summed E-state index contributed by atoms with van der Waals surface area (Å²) in [6.07, 6.45) is 0. The van der Waals surface area contributed by atoms with Gasteiger partial charge in [-0.2, -0.15) is 4.31 Å². The molecule has 34 heavy (non-hydrogen) atoms. The number of amides is 2. The van der Waals surface area contributed by atoms with Gasteiger partial charge in [-0.15, -0.1) is 0 Å². The second kappa shape index (κ2) is 10.5. The number of urea groups is 1. The standard InChI is InChI=1S/C23H25Cl2N5O3S/c1-16-14-22(18-4-2-3-5-21(18)27-16)28-23(31)26-8-9-29-10-12-30(13-11-29)34(32,33)17-6-7-19(24)20(25)15-17/h2-7,14-15H,8-13H2,1H3,(H2,26,27,28,31). The smallest absolute Gasteiger partial charge is 0.319 e. The quantitative estimate of drug-likeness (QED) is 0.511. The van der Waals surface area contributed by atoms with Crippen LogP contribution in [0.4, 0.5) is 10.5 Å². The van der Waals surface area contributed by atoms with E-state index in [1.165, 1.54) is 22.5 Å². The number of para-hydroxylation sites is 1. The van der Waals surface area contributed by atoms with Crippen molar-refractivity contribution in [2.75, 3.05) is 44.6 Å². The van der Waals surface area contributed by atoms with Crippen LogP contribution < -0.4 is 10.6 Å². The molecule has 8 nitrogen and oxygen atoms in total. The van der Waals surface area contributed by atoms with Crippen LogP contribution in [0.2, 0.25) is 10.0 Å². The van der Waals surface area contributed by atoms with Crippen LogP contribution in [0.25, 0.3) is 10.9 Å². The highest BCUT2D eigenvalue weighted by Crippen LogP contribution is 2.27. The SMILES string of the molecule is Cc1cc(NC(=O)NCCN2CCN(S(=O)(=O)c3ccc(Cl)c(Cl)c3)CC2)c2ccccc2n1. The molecular formula is C23H25Cl2N5O3S. The molecule has 0 bridgehead atoms. The third-order valence-electron chi connectivity index (χ3n) is 5.67. The van der Waals surface area contributed by atoms with Gasteiger partial charge >= 0.3 is 6.03 Å². The number of halogens is 2. The van der Waals surface area contributed by atoms with Gasteiger partial charge in [0.2, 0.25) is 10.0 Å². The Balaban J connectivity index is 1.26. The van der Waals surface area contributed by atoms with E-state index in [0.717, 1.165) is 16.6 Å². The van der Waals surface area contributed by atoms with E-state index in [4.69, 9.17) is 23.2 Å². The van der Waals surface area contributed by atoms with E-state index in [1.807, 2.05) is 37.3 Å². The summed E-state index contributed by atoms with van der Waals surface area (Å²) in [5.74, 6) is 0. The molecule has 0 saturated carbocycles. The van der Waals surface area contributed by atoms with Crippen molar-refractivity contribution < 1.29 is 13.2 Å². The fourth-order valence-electron chi connectivity index (χ4n) is 3.89. The second-order valence-electron chi connectivity index (χ2n) is 8.03. The number of piperazine rings is 1. The van der Waals surface area contributed by atoms with E-state index >= 15 is 0 Å². The predicted octanol–water partition coefficient (Wildman–Crippen LogP) is 3.98. The van der Waals surface area contributed by atoms with Gasteiger partial charge in [0.25, 0.3) is 0 Å². The molecule has 2 heterocycles. The number of aromatic nitrogens is 1. The molecule has 3 aromatic rings. The molecule has 1 saturated heterocycles. The van der Waals surface area contributed by atoms with Gasteiger partial charge in [0.1, 0.15) is 0 Å². The number of hydrogen-bond acceptors (Lipinski definition) is 5. The van der Waals surface area contributed by atoms with E-state index < -0.39 is 10.0 Å². The molecule has 0 spiro atoms. The summed E-state index contributed by atoms with van der Waals surface area (Å²) in [6.45, 7) is 4.79. The molecule has 180 valence electrons. The minimum atomic E-state index is -3.64. The third-order valence-corrected chi connectivity index (χ3v) is 8.30. The summed E-state index contributed by atoms with van der Waals surface area (Å²) < 4.78 is 27.2. The van der Waals surface area contributed by atoms with Crippen LogP contribution in [0, 0.1) is 6.92 Å². The molecule has 2 amide bonds. The van der Waals surface area contributed by atoms with Crippen LogP contribution in [0.5, 0.6) is 0 Å². The van der Waals surface area contributed by atoms with Gasteiger partial charge in [0.15, 0.2) is 0 Å². The lowest BCUT2D eigenvalue weighted by Crippen LogP contribution is -2.50. The van der Waals surface area contributed by atoms with Crippen LogP contribution in [0.3, 0.4) is 0 Å². The first kappa shape index (κ1) is 24.7. The fraction of sp³-hybridized carbons (Fsp3) is 0.304. The minimum Gasteiger partial charge on any atom is -0.337 e. The van der Waals surface area contributed by atoms with E-state index in [-0.39, 0.29) is 15.9 Å². The predicted molar refractivity (Wildman–Crippen MR) is 135 cm³/mol. The first-order chi connectivity index (χ1) is 16.2. The van der Waals surface area contributed by atoms with Gasteiger partial charge in [-0.05, 0) is 37.3 Å². The Morgan fingerprint density at radius 1 is 1.03 bits per heavy atom. The largest absolute Gasteiger partial charge is 0.337 e. The number of hydrogen-bond donors (Lipinski definition) is 2. The summed E-state index contributed by atoms with van der Waals surface area (Å²) in [7, 11) is -3.64. The maximum absolute atomic E-state index is 12.9. The Kier molecular flexibility index (Phi) is 7.59. The number of benzene rings is 2. The zero-order chi connectivity index (χ0) is 24.3. The van der Waals surface area contributed by atoms with Crippen LogP contribution in [-0.4, -0.2) is 67.9 Å². The Labute approximate surface area is 208 Å². The third kappa shape index (κ3) is 5.61. The van der Waals surface area contributed by atoms with Gasteiger partial charge in [-0.3, -0.25) is 9.88 Å². The molecule has 1 aliphatic heterocycles. The van der Waals surface area contributed by atoms with Gasteiger partial charge < -0.3 is 10.6 Å². The molecule has 2 aromatic carbocycles. The number of anilines is 1. The van der Waals surface area contributed by atoms with E-state index in [1.54, 1.807) is 0 Å². The van der Waals surface area contributed by atoms with Crippen molar-refractivity contribution in [1.82, 2.24) is 19.5 Å². The van der Waals surface area contributed by atoms with Crippen LogP contribution in [-0.2, 0) is 10.0 Å². The maximum atomic E-state index is 12.9. The molecule has 4 rings (SSSR count). The number of nitrogens with zero attached hydrogens (tertiary/aromatic N) is 3. The molecule has 2 N–H and O–H groups in total. The Morgan fingerprint density at radius 2 is 1.76 bits per heavy atom. The number of nitrogens with one attached hydrogen (secondary N) is 2. The summed E-state index contributed by atoms with van der Waals surface area (Å²) >= 11 is 11.9. The van der Waals surface area contributed by atoms with Crippen LogP contribution >= 0.6 is 23.2 Å². The molecule has 0 radical (unpaired) electrons. The molecular weight excluding hydrogens is 497 g/mol. The minimum absolute atomic E-state index is 0.132. The van der Waals surface area contributed by atoms with Crippen molar-refractivity contribution in [1.29, 1.82) is 0 Å². The maximum Gasteiger partial charge on any atom is 0.319 e. The summed E-state index contributed by atoms with van der Waals surface area (Å²) in [4.78, 5) is 19.2. The Hall–Kier alpha value is -2.43. The van der Waals surface area contributed by atoms with E-state index in [9.17, 15) is 13.2 Å². The zero-order valence-electron chi connectivity index (χ0n) is 18.6. The first-order valence-corrected chi connectivity index (χ1v) is 13.0. The topological polar surface area (TPSA) is 94.6 Å². The highest BCUT2D eigenvalue weighted by molar-refractivity contribution is 7.89. The van der Waals surface area contributed by atoms with Crippen molar-refractivity contribution in [3.05, 3.63) is 64.3 Å². The number of fused-ring (bicyclic) bond motifs is 1. The van der Waals surface area contributed by atoms with Crippen molar-refractivity contribution in [3.8, 4) is 0 Å². The van der Waals surface area contributed by atoms with Crippen molar-refractivity contribution in [3.63, 3.8) is 0 Å². The number of sulfonamides is 1. The average Bonchev–Trinajstić information content (AvgIpc) is 2.81. The molecule has 0 unspecified atom stereocenters. The average molecular weight is 522 g/mol. The molecule has 1 aliphatic rings. The summed E-state index contributed by atoms with van der Waals surface area (Å²) in [5, 5.41) is 7.17. The number of aryl methyl sites for hydroxylation is 1. The summed E-state index contributed by atoms with van der Waals surface area (Å²) in [6, 6.07) is 13.5. The summed E-state index contributed by atoms with van der Waals surface area (Å²) in [5.41, 5.74) is 2.36. The number of pyridine rings is 1. The number of rotatable bonds is 6. The lowest BCUT2D eigenvalue weighted by Gasteiger charge is -2.34. The van der Waals surface area contributed by atoms with Crippen molar-refractivity contribution >= 4 is 55.8 Å². The number of carbonyl (C=O) groups excluding carboxylic acids is 1. The normalized spacial score (nSPS) is 15.4. The van der Waals surface area contributed by atoms with E-state index in [2.05, 4.69) is 20.5 Å². The van der Waals surface area contributed by atoms with Gasteiger partial charge in [0, 0.05) is 50.3 Å². The fourth-order valence-corrected chi connectivity index (χ4v) is 5.70. The molecule has 1 fully saturated rings. The molecule has 1 aromatic heterocycles. The first-order valence-electron chi connectivity index (χ1n) is 10.8. The molecule has 0 aliphatic carbocycles. The highest BCUT2D eigenvalue weighted by Gasteiger charge is 2.28. The number of carbonyl (C=O) groups is 1. The molecule has 0 atom stereocenters.